The van der Waals surface area contributed by atoms with Gasteiger partial charge in [0.1, 0.15) is 0 Å². The molecule has 0 atom stereocenters. The summed E-state index contributed by atoms with van der Waals surface area (Å²) in [7, 11) is 0. The highest BCUT2D eigenvalue weighted by molar-refractivity contribution is 7.98. The average molecular weight is 364 g/mol. The molecule has 0 saturated carbocycles. The van der Waals surface area contributed by atoms with Crippen LogP contribution < -0.4 is 0 Å². The fourth-order valence-electron chi connectivity index (χ4n) is 2.45. The third-order valence-corrected chi connectivity index (χ3v) is 4.69. The van der Waals surface area contributed by atoms with Crippen LogP contribution in [0.5, 0.6) is 0 Å². The Morgan fingerprint density at radius 1 is 1.04 bits per heavy atom. The fourth-order valence-corrected chi connectivity index (χ4v) is 3.18. The Kier molecular flexibility index (Phi) is 4.49. The molecule has 0 aliphatic heterocycles. The zero-order valence-corrected chi connectivity index (χ0v) is 15.1. The molecule has 8 heteroatoms. The summed E-state index contributed by atoms with van der Waals surface area (Å²) in [5.41, 5.74) is 4.19. The number of hydrogen-bond donors (Lipinski definition) is 0. The molecule has 2 heterocycles. The van der Waals surface area contributed by atoms with Gasteiger partial charge in [-0.3, -0.25) is 0 Å². The molecule has 0 N–H and O–H groups in total. The van der Waals surface area contributed by atoms with Crippen LogP contribution in [0.25, 0.3) is 17.1 Å². The van der Waals surface area contributed by atoms with E-state index in [9.17, 15) is 0 Å². The molecule has 0 unspecified atom stereocenters. The molecule has 0 amide bonds. The normalized spacial score (nSPS) is 11.0. The van der Waals surface area contributed by atoms with Gasteiger partial charge in [-0.15, -0.1) is 5.10 Å². The molecular weight excluding hydrogens is 348 g/mol. The number of aryl methyl sites for hydroxylation is 2. The molecular formula is C18H16N6OS. The first-order chi connectivity index (χ1) is 12.7. The van der Waals surface area contributed by atoms with E-state index < -0.39 is 0 Å². The van der Waals surface area contributed by atoms with Crippen molar-refractivity contribution >= 4 is 11.8 Å². The minimum atomic E-state index is 0.491. The van der Waals surface area contributed by atoms with Crippen LogP contribution in [0.2, 0.25) is 0 Å². The Hall–Kier alpha value is -3.00. The van der Waals surface area contributed by atoms with Gasteiger partial charge in [0.2, 0.25) is 16.9 Å². The molecule has 7 nitrogen and oxygen atoms in total. The maximum atomic E-state index is 5.35. The van der Waals surface area contributed by atoms with Crippen molar-refractivity contribution in [1.82, 2.24) is 30.3 Å². The summed E-state index contributed by atoms with van der Waals surface area (Å²) in [5.74, 6) is 1.61. The van der Waals surface area contributed by atoms with Crippen molar-refractivity contribution in [3.63, 3.8) is 0 Å². The number of nitrogens with zero attached hydrogens (tertiary/aromatic N) is 6. The van der Waals surface area contributed by atoms with Crippen molar-refractivity contribution in [3.8, 4) is 17.1 Å². The van der Waals surface area contributed by atoms with Crippen LogP contribution in [0.3, 0.4) is 0 Å². The van der Waals surface area contributed by atoms with Crippen molar-refractivity contribution < 1.29 is 4.52 Å². The van der Waals surface area contributed by atoms with E-state index in [1.165, 1.54) is 17.3 Å². The van der Waals surface area contributed by atoms with Gasteiger partial charge in [-0.25, -0.2) is 0 Å². The van der Waals surface area contributed by atoms with Crippen molar-refractivity contribution in [2.24, 2.45) is 0 Å². The summed E-state index contributed by atoms with van der Waals surface area (Å²) in [6, 6.07) is 16.0. The summed E-state index contributed by atoms with van der Waals surface area (Å²) in [6.45, 7) is 4.08. The molecule has 0 spiro atoms. The minimum absolute atomic E-state index is 0.491. The first kappa shape index (κ1) is 16.5. The van der Waals surface area contributed by atoms with E-state index in [4.69, 9.17) is 4.52 Å². The largest absolute Gasteiger partial charge is 0.338 e. The third-order valence-electron chi connectivity index (χ3n) is 3.79. The molecule has 0 saturated heterocycles. The molecule has 0 fully saturated rings. The molecule has 4 aromatic rings. The van der Waals surface area contributed by atoms with E-state index >= 15 is 0 Å². The Bertz CT molecular complexity index is 1020. The van der Waals surface area contributed by atoms with Crippen molar-refractivity contribution in [3.05, 3.63) is 65.5 Å². The Morgan fingerprint density at radius 2 is 1.88 bits per heavy atom. The van der Waals surface area contributed by atoms with Crippen molar-refractivity contribution in [2.45, 2.75) is 24.8 Å². The van der Waals surface area contributed by atoms with Crippen LogP contribution in [0, 0.1) is 13.8 Å². The van der Waals surface area contributed by atoms with E-state index in [1.807, 2.05) is 62.4 Å². The summed E-state index contributed by atoms with van der Waals surface area (Å²) in [6.07, 6.45) is 0. The highest BCUT2D eigenvalue weighted by atomic mass is 32.2. The summed E-state index contributed by atoms with van der Waals surface area (Å²) in [4.78, 5) is 4.45. The van der Waals surface area contributed by atoms with Gasteiger partial charge in [0, 0.05) is 5.56 Å². The second-order valence-electron chi connectivity index (χ2n) is 5.88. The van der Waals surface area contributed by atoms with Gasteiger partial charge in [0.05, 0.1) is 11.4 Å². The van der Waals surface area contributed by atoms with Gasteiger partial charge in [0.25, 0.3) is 0 Å². The van der Waals surface area contributed by atoms with E-state index in [0.29, 0.717) is 22.6 Å². The molecule has 2 aromatic heterocycles. The monoisotopic (exact) mass is 364 g/mol. The smallest absolute Gasteiger partial charge is 0.237 e. The summed E-state index contributed by atoms with van der Waals surface area (Å²) in [5, 5.41) is 16.7. The molecule has 0 radical (unpaired) electrons. The van der Waals surface area contributed by atoms with Crippen LogP contribution in [0.15, 0.2) is 58.2 Å². The van der Waals surface area contributed by atoms with Gasteiger partial charge < -0.3 is 4.52 Å². The van der Waals surface area contributed by atoms with E-state index in [2.05, 4.69) is 25.7 Å². The van der Waals surface area contributed by atoms with Crippen LogP contribution in [0.4, 0.5) is 0 Å². The van der Waals surface area contributed by atoms with Crippen LogP contribution in [-0.2, 0) is 5.75 Å². The highest BCUT2D eigenvalue weighted by Gasteiger charge is 2.13. The van der Waals surface area contributed by atoms with Crippen LogP contribution >= 0.6 is 11.8 Å². The first-order valence-electron chi connectivity index (χ1n) is 8.07. The number of benzene rings is 2. The standard InChI is InChI=1S/C18H16N6OS/c1-12-6-8-14(9-7-12)17-19-16(25-21-17)11-26-18-20-22-23-24(18)15-5-3-4-13(2)10-15/h3-10H,11H2,1-2H3. The molecule has 130 valence electrons. The maximum absolute atomic E-state index is 5.35. The van der Waals surface area contributed by atoms with Gasteiger partial charge in [-0.1, -0.05) is 58.9 Å². The molecule has 26 heavy (non-hydrogen) atoms. The second-order valence-corrected chi connectivity index (χ2v) is 6.82. The zero-order valence-electron chi connectivity index (χ0n) is 14.3. The van der Waals surface area contributed by atoms with Crippen LogP contribution in [-0.4, -0.2) is 30.3 Å². The predicted octanol–water partition coefficient (Wildman–Crippen LogP) is 3.62. The van der Waals surface area contributed by atoms with Gasteiger partial charge in [-0.05, 0) is 42.0 Å². The van der Waals surface area contributed by atoms with Gasteiger partial charge >= 0.3 is 0 Å². The van der Waals surface area contributed by atoms with Gasteiger partial charge in [-0.2, -0.15) is 9.67 Å². The number of aromatic nitrogens is 6. The lowest BCUT2D eigenvalue weighted by Crippen LogP contribution is -1.99. The Morgan fingerprint density at radius 3 is 2.69 bits per heavy atom. The lowest BCUT2D eigenvalue weighted by molar-refractivity contribution is 0.391. The Labute approximate surface area is 154 Å². The lowest BCUT2D eigenvalue weighted by atomic mass is 10.1. The SMILES string of the molecule is Cc1ccc(-c2noc(CSc3nnnn3-c3cccc(C)c3)n2)cc1. The van der Waals surface area contributed by atoms with Crippen LogP contribution in [0.1, 0.15) is 17.0 Å². The summed E-state index contributed by atoms with van der Waals surface area (Å²) < 4.78 is 7.06. The summed E-state index contributed by atoms with van der Waals surface area (Å²) >= 11 is 1.45. The lowest BCUT2D eigenvalue weighted by Gasteiger charge is -2.03. The number of rotatable bonds is 5. The number of hydrogen-bond acceptors (Lipinski definition) is 7. The highest BCUT2D eigenvalue weighted by Crippen LogP contribution is 2.24. The second kappa shape index (κ2) is 7.09. The molecule has 0 bridgehead atoms. The van der Waals surface area contributed by atoms with E-state index in [1.54, 1.807) is 4.68 Å². The molecule has 4 rings (SSSR count). The van der Waals surface area contributed by atoms with Crippen molar-refractivity contribution in [1.29, 1.82) is 0 Å². The molecule has 0 aliphatic carbocycles. The van der Waals surface area contributed by atoms with E-state index in [-0.39, 0.29) is 0 Å². The first-order valence-corrected chi connectivity index (χ1v) is 9.05. The average Bonchev–Trinajstić information content (AvgIpc) is 3.30. The minimum Gasteiger partial charge on any atom is -0.338 e. The fraction of sp³-hybridized carbons (Fsp3) is 0.167. The predicted molar refractivity (Wildman–Crippen MR) is 97.9 cm³/mol. The number of thioether (sulfide) groups is 1. The number of tetrazole rings is 1. The third kappa shape index (κ3) is 3.50. The topological polar surface area (TPSA) is 82.5 Å². The zero-order chi connectivity index (χ0) is 17.9. The Balaban J connectivity index is 1.49. The maximum Gasteiger partial charge on any atom is 0.237 e. The molecule has 0 aliphatic rings. The quantitative estimate of drug-likeness (QED) is 0.500. The van der Waals surface area contributed by atoms with Gasteiger partial charge in [0.15, 0.2) is 0 Å². The van der Waals surface area contributed by atoms with E-state index in [0.717, 1.165) is 16.8 Å². The van der Waals surface area contributed by atoms with Crippen molar-refractivity contribution in [2.75, 3.05) is 0 Å². The molecule has 2 aromatic carbocycles.